The number of hydrogen-bond donors (Lipinski definition) is 1. The summed E-state index contributed by atoms with van der Waals surface area (Å²) in [4.78, 5) is 16.2. The van der Waals surface area contributed by atoms with Gasteiger partial charge in [-0.05, 0) is 25.6 Å². The molecule has 1 aromatic heterocycles. The maximum Gasteiger partial charge on any atom is 0.227 e. The highest BCUT2D eigenvalue weighted by Gasteiger charge is 2.43. The molecule has 0 spiro atoms. The minimum atomic E-state index is -2.98. The van der Waals surface area contributed by atoms with Gasteiger partial charge >= 0.3 is 0 Å². The van der Waals surface area contributed by atoms with Gasteiger partial charge < -0.3 is 20.0 Å². The fraction of sp³-hybridized carbons (Fsp3) is 0.765. The van der Waals surface area contributed by atoms with Crippen molar-refractivity contribution in [2.45, 2.75) is 25.4 Å². The van der Waals surface area contributed by atoms with Crippen LogP contribution in [0, 0.1) is 0 Å². The predicted molar refractivity (Wildman–Crippen MR) is 103 cm³/mol. The highest BCUT2D eigenvalue weighted by molar-refractivity contribution is 7.91. The van der Waals surface area contributed by atoms with E-state index in [9.17, 15) is 8.42 Å². The van der Waals surface area contributed by atoms with Crippen LogP contribution in [0.3, 0.4) is 0 Å². The third-order valence-corrected chi connectivity index (χ3v) is 7.44. The van der Waals surface area contributed by atoms with Gasteiger partial charge in [0.05, 0.1) is 17.5 Å². The van der Waals surface area contributed by atoms with Crippen molar-refractivity contribution in [1.82, 2.24) is 20.2 Å². The van der Waals surface area contributed by atoms with Crippen molar-refractivity contribution < 1.29 is 8.42 Å². The molecule has 3 aliphatic heterocycles. The molecule has 1 aromatic rings. The van der Waals surface area contributed by atoms with Gasteiger partial charge in [-0.15, -0.1) is 0 Å². The molecule has 9 heteroatoms. The molecule has 2 atom stereocenters. The van der Waals surface area contributed by atoms with E-state index in [4.69, 9.17) is 4.98 Å². The molecule has 0 aliphatic carbocycles. The molecule has 0 bridgehead atoms. The van der Waals surface area contributed by atoms with Gasteiger partial charge in [-0.2, -0.15) is 4.98 Å². The van der Waals surface area contributed by atoms with Gasteiger partial charge in [0.2, 0.25) is 5.95 Å². The average molecular weight is 381 g/mol. The standard InChI is InChI=1S/C17H28N6O2S/c1-2-21-7-3-8-22(11-10-21)17-19-5-4-16(20-17)23-9-6-18-14-12-26(24,25)13-15(14)23/h4-5,14-15,18H,2-3,6-13H2,1H3/t14-,15+/m1/s1. The Morgan fingerprint density at radius 2 is 2.08 bits per heavy atom. The number of nitrogens with zero attached hydrogens (tertiary/aromatic N) is 5. The Kier molecular flexibility index (Phi) is 5.02. The highest BCUT2D eigenvalue weighted by atomic mass is 32.2. The summed E-state index contributed by atoms with van der Waals surface area (Å²) in [7, 11) is -2.98. The van der Waals surface area contributed by atoms with Gasteiger partial charge in [0.15, 0.2) is 9.84 Å². The summed E-state index contributed by atoms with van der Waals surface area (Å²) < 4.78 is 24.1. The van der Waals surface area contributed by atoms with Crippen LogP contribution in [0.25, 0.3) is 0 Å². The first kappa shape index (κ1) is 17.9. The lowest BCUT2D eigenvalue weighted by Gasteiger charge is -2.38. The third kappa shape index (κ3) is 3.65. The number of piperazine rings is 1. The molecule has 8 nitrogen and oxygen atoms in total. The number of nitrogens with one attached hydrogen (secondary N) is 1. The summed E-state index contributed by atoms with van der Waals surface area (Å²) in [6, 6.07) is 1.88. The minimum Gasteiger partial charge on any atom is -0.350 e. The molecule has 0 aromatic carbocycles. The van der Waals surface area contributed by atoms with E-state index in [1.807, 2.05) is 6.07 Å². The molecule has 144 valence electrons. The van der Waals surface area contributed by atoms with Gasteiger partial charge in [-0.25, -0.2) is 13.4 Å². The Morgan fingerprint density at radius 3 is 2.92 bits per heavy atom. The summed E-state index contributed by atoms with van der Waals surface area (Å²) >= 11 is 0. The van der Waals surface area contributed by atoms with E-state index in [0.717, 1.165) is 64.0 Å². The molecule has 0 unspecified atom stereocenters. The van der Waals surface area contributed by atoms with Crippen molar-refractivity contribution in [2.24, 2.45) is 0 Å². The monoisotopic (exact) mass is 380 g/mol. The Hall–Kier alpha value is -1.45. The summed E-state index contributed by atoms with van der Waals surface area (Å²) in [6.07, 6.45) is 2.92. The Labute approximate surface area is 155 Å². The number of fused-ring (bicyclic) bond motifs is 1. The van der Waals surface area contributed by atoms with Gasteiger partial charge in [0.1, 0.15) is 5.82 Å². The molecule has 1 N–H and O–H groups in total. The number of aromatic nitrogens is 2. The second kappa shape index (κ2) is 7.28. The van der Waals surface area contributed by atoms with E-state index < -0.39 is 9.84 Å². The number of rotatable bonds is 3. The molecule has 0 amide bonds. The van der Waals surface area contributed by atoms with E-state index >= 15 is 0 Å². The predicted octanol–water partition coefficient (Wildman–Crippen LogP) is -0.416. The lowest BCUT2D eigenvalue weighted by molar-refractivity contribution is 0.310. The van der Waals surface area contributed by atoms with Crippen LogP contribution in [0.2, 0.25) is 0 Å². The van der Waals surface area contributed by atoms with Crippen LogP contribution in [0.1, 0.15) is 13.3 Å². The van der Waals surface area contributed by atoms with Gasteiger partial charge in [-0.3, -0.25) is 0 Å². The Bertz CT molecular complexity index is 743. The molecule has 4 rings (SSSR count). The molecular weight excluding hydrogens is 352 g/mol. The minimum absolute atomic E-state index is 0.00321. The SMILES string of the molecule is CCN1CCCN(c2nccc(N3CCN[C@@H]4CS(=O)(=O)C[C@@H]43)n2)CC1. The quantitative estimate of drug-likeness (QED) is 0.758. The lowest BCUT2D eigenvalue weighted by atomic mass is 10.1. The van der Waals surface area contributed by atoms with Crippen LogP contribution in [0.4, 0.5) is 11.8 Å². The van der Waals surface area contributed by atoms with Crippen LogP contribution in [-0.4, -0.2) is 92.7 Å². The fourth-order valence-corrected chi connectivity index (χ4v) is 6.25. The van der Waals surface area contributed by atoms with Crippen molar-refractivity contribution >= 4 is 21.6 Å². The van der Waals surface area contributed by atoms with Crippen LogP contribution < -0.4 is 15.1 Å². The van der Waals surface area contributed by atoms with Gasteiger partial charge in [-0.1, -0.05) is 6.92 Å². The van der Waals surface area contributed by atoms with Gasteiger partial charge in [0.25, 0.3) is 0 Å². The van der Waals surface area contributed by atoms with Crippen molar-refractivity contribution in [1.29, 1.82) is 0 Å². The smallest absolute Gasteiger partial charge is 0.227 e. The Balaban J connectivity index is 1.54. The van der Waals surface area contributed by atoms with Crippen LogP contribution in [0.5, 0.6) is 0 Å². The number of anilines is 2. The first-order valence-electron chi connectivity index (χ1n) is 9.56. The average Bonchev–Trinajstić information content (AvgIpc) is 2.81. The zero-order valence-electron chi connectivity index (χ0n) is 15.3. The van der Waals surface area contributed by atoms with Crippen LogP contribution >= 0.6 is 0 Å². The van der Waals surface area contributed by atoms with Crippen molar-refractivity contribution in [3.8, 4) is 0 Å². The van der Waals surface area contributed by atoms with Crippen LogP contribution in [-0.2, 0) is 9.84 Å². The zero-order chi connectivity index (χ0) is 18.1. The van der Waals surface area contributed by atoms with Crippen LogP contribution in [0.15, 0.2) is 12.3 Å². The number of sulfone groups is 1. The lowest BCUT2D eigenvalue weighted by Crippen LogP contribution is -2.57. The molecule has 0 radical (unpaired) electrons. The summed E-state index contributed by atoms with van der Waals surface area (Å²) in [5.41, 5.74) is 0. The molecule has 3 fully saturated rings. The normalized spacial score (nSPS) is 29.4. The summed E-state index contributed by atoms with van der Waals surface area (Å²) in [6.45, 7) is 8.87. The van der Waals surface area contributed by atoms with Crippen molar-refractivity contribution in [3.05, 3.63) is 12.3 Å². The number of hydrogen-bond acceptors (Lipinski definition) is 8. The topological polar surface area (TPSA) is 81.7 Å². The molecule has 0 saturated carbocycles. The molecule has 4 heterocycles. The molecule has 3 saturated heterocycles. The fourth-order valence-electron chi connectivity index (χ4n) is 4.29. The number of likely N-dealkylation sites (N-methyl/N-ethyl adjacent to an activating group) is 1. The molecular formula is C17H28N6O2S. The van der Waals surface area contributed by atoms with E-state index in [-0.39, 0.29) is 23.6 Å². The highest BCUT2D eigenvalue weighted by Crippen LogP contribution is 2.26. The first-order chi connectivity index (χ1) is 12.6. The first-order valence-corrected chi connectivity index (χ1v) is 11.4. The van der Waals surface area contributed by atoms with Gasteiger partial charge in [0, 0.05) is 45.0 Å². The van der Waals surface area contributed by atoms with E-state index in [1.165, 1.54) is 0 Å². The second-order valence-corrected chi connectivity index (χ2v) is 9.54. The van der Waals surface area contributed by atoms with Crippen molar-refractivity contribution in [2.75, 3.05) is 67.1 Å². The maximum atomic E-state index is 12.1. The zero-order valence-corrected chi connectivity index (χ0v) is 16.2. The summed E-state index contributed by atoms with van der Waals surface area (Å²) in [5.74, 6) is 2.04. The molecule has 3 aliphatic rings. The second-order valence-electron chi connectivity index (χ2n) is 7.39. The largest absolute Gasteiger partial charge is 0.350 e. The summed E-state index contributed by atoms with van der Waals surface area (Å²) in [5, 5.41) is 3.35. The maximum absolute atomic E-state index is 12.1. The van der Waals surface area contributed by atoms with E-state index in [0.29, 0.717) is 0 Å². The van der Waals surface area contributed by atoms with E-state index in [1.54, 1.807) is 6.20 Å². The van der Waals surface area contributed by atoms with Crippen molar-refractivity contribution in [3.63, 3.8) is 0 Å². The van der Waals surface area contributed by atoms with E-state index in [2.05, 4.69) is 31.9 Å². The molecule has 26 heavy (non-hydrogen) atoms. The third-order valence-electron chi connectivity index (χ3n) is 5.72. The Morgan fingerprint density at radius 1 is 1.19 bits per heavy atom.